The fourth-order valence-corrected chi connectivity index (χ4v) is 2.56. The summed E-state index contributed by atoms with van der Waals surface area (Å²) in [7, 11) is 0. The summed E-state index contributed by atoms with van der Waals surface area (Å²) in [6.07, 6.45) is 1.45. The Kier molecular flexibility index (Phi) is 6.41. The van der Waals surface area contributed by atoms with Crippen LogP contribution in [0.3, 0.4) is 0 Å². The summed E-state index contributed by atoms with van der Waals surface area (Å²) in [5.74, 6) is 1.61. The Bertz CT molecular complexity index is 929. The smallest absolute Gasteiger partial charge is 0.340 e. The normalized spacial score (nSPS) is 10.2. The van der Waals surface area contributed by atoms with Crippen LogP contribution in [0.4, 0.5) is 23.0 Å². The van der Waals surface area contributed by atoms with Crippen LogP contribution in [0.15, 0.2) is 60.9 Å². The van der Waals surface area contributed by atoms with Crippen molar-refractivity contribution < 1.29 is 14.3 Å². The second-order valence-electron chi connectivity index (χ2n) is 5.76. The molecule has 2 aromatic carbocycles. The monoisotopic (exact) mass is 378 g/mol. The number of rotatable bonds is 8. The number of anilines is 4. The predicted molar refractivity (Wildman–Crippen MR) is 109 cm³/mol. The SMILES string of the molecule is CCOC(=O)c1ccccc1Nc1cc(Nc2ccc(OCC)cc2)ncn1. The van der Waals surface area contributed by atoms with Crippen molar-refractivity contribution in [2.24, 2.45) is 0 Å². The van der Waals surface area contributed by atoms with Crippen LogP contribution < -0.4 is 15.4 Å². The minimum Gasteiger partial charge on any atom is -0.494 e. The molecule has 28 heavy (non-hydrogen) atoms. The molecule has 3 rings (SSSR count). The third-order valence-corrected chi connectivity index (χ3v) is 3.79. The van der Waals surface area contributed by atoms with E-state index < -0.39 is 0 Å². The van der Waals surface area contributed by atoms with Gasteiger partial charge in [0.2, 0.25) is 0 Å². The minimum atomic E-state index is -0.382. The Morgan fingerprint density at radius 1 is 0.929 bits per heavy atom. The fraction of sp³-hybridized carbons (Fsp3) is 0.190. The first-order valence-electron chi connectivity index (χ1n) is 9.04. The fourth-order valence-electron chi connectivity index (χ4n) is 2.56. The molecular weight excluding hydrogens is 356 g/mol. The quantitative estimate of drug-likeness (QED) is 0.557. The molecule has 0 fully saturated rings. The highest BCUT2D eigenvalue weighted by atomic mass is 16.5. The molecule has 0 spiro atoms. The molecule has 7 heteroatoms. The zero-order valence-electron chi connectivity index (χ0n) is 15.8. The van der Waals surface area contributed by atoms with Crippen LogP contribution in [0.5, 0.6) is 5.75 Å². The molecule has 0 radical (unpaired) electrons. The topological polar surface area (TPSA) is 85.4 Å². The number of hydrogen-bond donors (Lipinski definition) is 2. The van der Waals surface area contributed by atoms with Gasteiger partial charge in [0, 0.05) is 11.8 Å². The van der Waals surface area contributed by atoms with Crippen molar-refractivity contribution in [3.05, 3.63) is 66.5 Å². The zero-order chi connectivity index (χ0) is 19.8. The molecule has 1 heterocycles. The summed E-state index contributed by atoms with van der Waals surface area (Å²) in [6.45, 7) is 4.66. The molecule has 0 unspecified atom stereocenters. The van der Waals surface area contributed by atoms with E-state index in [0.29, 0.717) is 36.1 Å². The molecule has 0 saturated heterocycles. The van der Waals surface area contributed by atoms with Gasteiger partial charge >= 0.3 is 5.97 Å². The lowest BCUT2D eigenvalue weighted by atomic mass is 10.2. The Balaban J connectivity index is 1.74. The van der Waals surface area contributed by atoms with Crippen molar-refractivity contribution in [2.75, 3.05) is 23.8 Å². The van der Waals surface area contributed by atoms with Gasteiger partial charge in [-0.15, -0.1) is 0 Å². The van der Waals surface area contributed by atoms with E-state index in [1.165, 1.54) is 6.33 Å². The lowest BCUT2D eigenvalue weighted by molar-refractivity contribution is 0.0527. The number of carbonyl (C=O) groups excluding carboxylic acids is 1. The number of nitrogens with zero attached hydrogens (tertiary/aromatic N) is 2. The van der Waals surface area contributed by atoms with Gasteiger partial charge in [0.05, 0.1) is 24.5 Å². The summed E-state index contributed by atoms with van der Waals surface area (Å²) >= 11 is 0. The van der Waals surface area contributed by atoms with Crippen molar-refractivity contribution in [3.8, 4) is 5.75 Å². The number of nitrogens with one attached hydrogen (secondary N) is 2. The highest BCUT2D eigenvalue weighted by Gasteiger charge is 2.12. The van der Waals surface area contributed by atoms with Gasteiger partial charge in [-0.05, 0) is 50.2 Å². The third-order valence-electron chi connectivity index (χ3n) is 3.79. The maximum Gasteiger partial charge on any atom is 0.340 e. The summed E-state index contributed by atoms with van der Waals surface area (Å²) in [5.41, 5.74) is 1.94. The van der Waals surface area contributed by atoms with Gasteiger partial charge in [-0.25, -0.2) is 14.8 Å². The van der Waals surface area contributed by atoms with Crippen LogP contribution in [0, 0.1) is 0 Å². The first-order chi connectivity index (χ1) is 13.7. The number of ether oxygens (including phenoxy) is 2. The van der Waals surface area contributed by atoms with E-state index in [4.69, 9.17) is 9.47 Å². The maximum atomic E-state index is 12.1. The molecule has 0 aliphatic carbocycles. The molecule has 0 atom stereocenters. The van der Waals surface area contributed by atoms with Gasteiger partial charge < -0.3 is 20.1 Å². The lowest BCUT2D eigenvalue weighted by Gasteiger charge is -2.12. The average Bonchev–Trinajstić information content (AvgIpc) is 2.71. The predicted octanol–water partition coefficient (Wildman–Crippen LogP) is 4.54. The molecule has 0 aliphatic rings. The van der Waals surface area contributed by atoms with Gasteiger partial charge in [0.1, 0.15) is 23.7 Å². The zero-order valence-corrected chi connectivity index (χ0v) is 15.8. The van der Waals surface area contributed by atoms with Crippen LogP contribution in [0.2, 0.25) is 0 Å². The van der Waals surface area contributed by atoms with E-state index in [-0.39, 0.29) is 5.97 Å². The van der Waals surface area contributed by atoms with Crippen LogP contribution in [-0.2, 0) is 4.74 Å². The van der Waals surface area contributed by atoms with E-state index in [9.17, 15) is 4.79 Å². The standard InChI is InChI=1S/C21H22N4O3/c1-3-27-16-11-9-15(10-12-16)24-19-13-20(23-14-22-19)25-18-8-6-5-7-17(18)21(26)28-4-2/h5-14H,3-4H2,1-2H3,(H2,22,23,24,25). The maximum absolute atomic E-state index is 12.1. The van der Waals surface area contributed by atoms with E-state index in [0.717, 1.165) is 11.4 Å². The van der Waals surface area contributed by atoms with E-state index in [1.54, 1.807) is 31.2 Å². The summed E-state index contributed by atoms with van der Waals surface area (Å²) in [5, 5.41) is 6.37. The van der Waals surface area contributed by atoms with Gasteiger partial charge in [-0.3, -0.25) is 0 Å². The van der Waals surface area contributed by atoms with Gasteiger partial charge in [0.15, 0.2) is 0 Å². The lowest BCUT2D eigenvalue weighted by Crippen LogP contribution is -2.08. The van der Waals surface area contributed by atoms with Crippen molar-refractivity contribution in [1.29, 1.82) is 0 Å². The number of esters is 1. The number of benzene rings is 2. The summed E-state index contributed by atoms with van der Waals surface area (Å²) in [4.78, 5) is 20.6. The van der Waals surface area contributed by atoms with Crippen molar-refractivity contribution in [2.45, 2.75) is 13.8 Å². The highest BCUT2D eigenvalue weighted by Crippen LogP contribution is 2.23. The van der Waals surface area contributed by atoms with E-state index in [1.807, 2.05) is 37.3 Å². The van der Waals surface area contributed by atoms with Crippen molar-refractivity contribution in [3.63, 3.8) is 0 Å². The van der Waals surface area contributed by atoms with Crippen molar-refractivity contribution in [1.82, 2.24) is 9.97 Å². The van der Waals surface area contributed by atoms with Crippen LogP contribution in [-0.4, -0.2) is 29.2 Å². The number of hydrogen-bond acceptors (Lipinski definition) is 7. The molecule has 0 amide bonds. The first kappa shape index (κ1) is 19.2. The minimum absolute atomic E-state index is 0.316. The molecule has 0 aliphatic heterocycles. The number of aromatic nitrogens is 2. The van der Waals surface area contributed by atoms with Gasteiger partial charge in [-0.1, -0.05) is 12.1 Å². The third kappa shape index (κ3) is 4.97. The molecule has 3 aromatic rings. The Morgan fingerprint density at radius 2 is 1.64 bits per heavy atom. The van der Waals surface area contributed by atoms with Crippen LogP contribution in [0.1, 0.15) is 24.2 Å². The van der Waals surface area contributed by atoms with Crippen molar-refractivity contribution >= 4 is 29.0 Å². The Morgan fingerprint density at radius 3 is 2.36 bits per heavy atom. The highest BCUT2D eigenvalue weighted by molar-refractivity contribution is 5.96. The van der Waals surface area contributed by atoms with Gasteiger partial charge in [0.25, 0.3) is 0 Å². The molecule has 0 bridgehead atoms. The second-order valence-corrected chi connectivity index (χ2v) is 5.76. The summed E-state index contributed by atoms with van der Waals surface area (Å²) in [6, 6.07) is 16.5. The number of carbonyl (C=O) groups is 1. The first-order valence-corrected chi connectivity index (χ1v) is 9.04. The average molecular weight is 378 g/mol. The van der Waals surface area contributed by atoms with Crippen LogP contribution in [0.25, 0.3) is 0 Å². The van der Waals surface area contributed by atoms with Gasteiger partial charge in [-0.2, -0.15) is 0 Å². The molecular formula is C21H22N4O3. The number of para-hydroxylation sites is 1. The molecule has 1 aromatic heterocycles. The van der Waals surface area contributed by atoms with Crippen LogP contribution >= 0.6 is 0 Å². The molecule has 144 valence electrons. The second kappa shape index (κ2) is 9.36. The Labute approximate surface area is 163 Å². The largest absolute Gasteiger partial charge is 0.494 e. The van der Waals surface area contributed by atoms with E-state index in [2.05, 4.69) is 20.6 Å². The van der Waals surface area contributed by atoms with E-state index >= 15 is 0 Å². The molecule has 7 nitrogen and oxygen atoms in total. The summed E-state index contributed by atoms with van der Waals surface area (Å²) < 4.78 is 10.5. The molecule has 0 saturated carbocycles. The Hall–Kier alpha value is -3.61. The molecule has 2 N–H and O–H groups in total.